The average molecular weight is 220 g/mol. The highest BCUT2D eigenvalue weighted by Gasteiger charge is 2.00. The first kappa shape index (κ1) is 9.93. The van der Waals surface area contributed by atoms with Gasteiger partial charge in [-0.3, -0.25) is 4.98 Å². The summed E-state index contributed by atoms with van der Waals surface area (Å²) in [7, 11) is 0. The Labute approximate surface area is 92.9 Å². The second-order valence-electron chi connectivity index (χ2n) is 3.26. The van der Waals surface area contributed by atoms with Crippen LogP contribution in [0.2, 0.25) is 5.15 Å². The standard InChI is InChI=1S/C11H10ClN3/c12-10-5-9(6-11(13)15-10)4-8-2-1-3-14-7-8/h1-3,5-7H,4H2,(H2,13,15). The minimum absolute atomic E-state index is 0.425. The van der Waals surface area contributed by atoms with E-state index in [4.69, 9.17) is 17.3 Å². The lowest BCUT2D eigenvalue weighted by molar-refractivity contribution is 1.13. The van der Waals surface area contributed by atoms with Gasteiger partial charge in [-0.05, 0) is 35.7 Å². The zero-order valence-electron chi connectivity index (χ0n) is 8.02. The van der Waals surface area contributed by atoms with Gasteiger partial charge in [0, 0.05) is 12.4 Å². The van der Waals surface area contributed by atoms with E-state index in [9.17, 15) is 0 Å². The van der Waals surface area contributed by atoms with E-state index >= 15 is 0 Å². The van der Waals surface area contributed by atoms with Gasteiger partial charge in [0.1, 0.15) is 11.0 Å². The van der Waals surface area contributed by atoms with Crippen molar-refractivity contribution < 1.29 is 0 Å². The van der Waals surface area contributed by atoms with Crippen LogP contribution in [0.25, 0.3) is 0 Å². The minimum atomic E-state index is 0.425. The van der Waals surface area contributed by atoms with Crippen LogP contribution in [-0.2, 0) is 6.42 Å². The Kier molecular flexibility index (Phi) is 2.83. The molecule has 0 fully saturated rings. The highest BCUT2D eigenvalue weighted by molar-refractivity contribution is 6.29. The molecule has 2 heterocycles. The van der Waals surface area contributed by atoms with Gasteiger partial charge < -0.3 is 5.73 Å². The number of nitrogens with zero attached hydrogens (tertiary/aromatic N) is 2. The van der Waals surface area contributed by atoms with Crippen molar-refractivity contribution in [2.45, 2.75) is 6.42 Å². The summed E-state index contributed by atoms with van der Waals surface area (Å²) in [5, 5.41) is 0.425. The molecule has 0 radical (unpaired) electrons. The molecule has 2 rings (SSSR count). The first-order chi connectivity index (χ1) is 7.24. The number of aromatic nitrogens is 2. The zero-order valence-corrected chi connectivity index (χ0v) is 8.78. The van der Waals surface area contributed by atoms with Crippen LogP contribution in [0.15, 0.2) is 36.7 Å². The van der Waals surface area contributed by atoms with E-state index in [1.54, 1.807) is 6.20 Å². The lowest BCUT2D eigenvalue weighted by Gasteiger charge is -2.02. The SMILES string of the molecule is Nc1cc(Cc2cccnc2)cc(Cl)n1. The quantitative estimate of drug-likeness (QED) is 0.789. The van der Waals surface area contributed by atoms with Gasteiger partial charge in [-0.15, -0.1) is 0 Å². The number of halogens is 1. The summed E-state index contributed by atoms with van der Waals surface area (Å²) in [6, 6.07) is 7.54. The number of nitrogen functional groups attached to an aromatic ring is 1. The average Bonchev–Trinajstić information content (AvgIpc) is 2.17. The Morgan fingerprint density at radius 1 is 1.27 bits per heavy atom. The van der Waals surface area contributed by atoms with Crippen molar-refractivity contribution >= 4 is 17.4 Å². The molecular formula is C11H10ClN3. The van der Waals surface area contributed by atoms with E-state index in [0.29, 0.717) is 11.0 Å². The summed E-state index contributed by atoms with van der Waals surface area (Å²) in [5.74, 6) is 0.446. The Hall–Kier alpha value is -1.61. The second kappa shape index (κ2) is 4.28. The molecule has 2 N–H and O–H groups in total. The molecule has 2 aromatic heterocycles. The van der Waals surface area contributed by atoms with Gasteiger partial charge in [-0.2, -0.15) is 0 Å². The van der Waals surface area contributed by atoms with Crippen molar-refractivity contribution in [3.05, 3.63) is 52.9 Å². The molecule has 0 aliphatic heterocycles. The van der Waals surface area contributed by atoms with E-state index in [-0.39, 0.29) is 0 Å². The monoisotopic (exact) mass is 219 g/mol. The van der Waals surface area contributed by atoms with Crippen LogP contribution in [0, 0.1) is 0 Å². The van der Waals surface area contributed by atoms with Crippen LogP contribution in [0.1, 0.15) is 11.1 Å². The van der Waals surface area contributed by atoms with E-state index in [1.165, 1.54) is 0 Å². The predicted octanol–water partition coefficient (Wildman–Crippen LogP) is 2.30. The maximum Gasteiger partial charge on any atom is 0.131 e. The fraction of sp³-hybridized carbons (Fsp3) is 0.0909. The fourth-order valence-electron chi connectivity index (χ4n) is 1.41. The Morgan fingerprint density at radius 3 is 2.80 bits per heavy atom. The van der Waals surface area contributed by atoms with Gasteiger partial charge in [0.05, 0.1) is 0 Å². The molecule has 15 heavy (non-hydrogen) atoms. The number of nitrogens with two attached hydrogens (primary N) is 1. The maximum atomic E-state index is 5.81. The molecule has 76 valence electrons. The van der Waals surface area contributed by atoms with Crippen molar-refractivity contribution in [2.24, 2.45) is 0 Å². The zero-order chi connectivity index (χ0) is 10.7. The molecule has 2 aromatic rings. The number of hydrogen-bond donors (Lipinski definition) is 1. The van der Waals surface area contributed by atoms with Crippen LogP contribution < -0.4 is 5.73 Å². The van der Waals surface area contributed by atoms with E-state index < -0.39 is 0 Å². The fourth-order valence-corrected chi connectivity index (χ4v) is 1.65. The molecule has 0 atom stereocenters. The Morgan fingerprint density at radius 2 is 2.13 bits per heavy atom. The van der Waals surface area contributed by atoms with Crippen molar-refractivity contribution in [2.75, 3.05) is 5.73 Å². The molecule has 0 aliphatic carbocycles. The molecule has 0 amide bonds. The van der Waals surface area contributed by atoms with Crippen molar-refractivity contribution in [3.63, 3.8) is 0 Å². The molecule has 3 nitrogen and oxygen atoms in total. The molecule has 0 spiro atoms. The van der Waals surface area contributed by atoms with Gasteiger partial charge in [0.2, 0.25) is 0 Å². The van der Waals surface area contributed by atoms with Crippen LogP contribution in [0.4, 0.5) is 5.82 Å². The molecule has 0 aromatic carbocycles. The van der Waals surface area contributed by atoms with Gasteiger partial charge in [-0.1, -0.05) is 17.7 Å². The Bertz CT molecular complexity index is 436. The normalized spacial score (nSPS) is 10.2. The summed E-state index contributed by atoms with van der Waals surface area (Å²) in [4.78, 5) is 7.95. The van der Waals surface area contributed by atoms with Crippen LogP contribution in [0.5, 0.6) is 0 Å². The molecule has 0 saturated carbocycles. The predicted molar refractivity (Wildman–Crippen MR) is 60.7 cm³/mol. The molecule has 0 aliphatic rings. The minimum Gasteiger partial charge on any atom is -0.384 e. The first-order valence-electron chi connectivity index (χ1n) is 4.55. The lowest BCUT2D eigenvalue weighted by Crippen LogP contribution is -1.95. The molecule has 0 bridgehead atoms. The first-order valence-corrected chi connectivity index (χ1v) is 4.93. The summed E-state index contributed by atoms with van der Waals surface area (Å²) < 4.78 is 0. The number of pyridine rings is 2. The number of hydrogen-bond acceptors (Lipinski definition) is 3. The molecule has 0 saturated heterocycles. The van der Waals surface area contributed by atoms with Crippen LogP contribution in [0.3, 0.4) is 0 Å². The highest BCUT2D eigenvalue weighted by Crippen LogP contribution is 2.15. The largest absolute Gasteiger partial charge is 0.384 e. The second-order valence-corrected chi connectivity index (χ2v) is 3.65. The van der Waals surface area contributed by atoms with Gasteiger partial charge in [-0.25, -0.2) is 4.98 Å². The molecule has 0 unspecified atom stereocenters. The maximum absolute atomic E-state index is 5.81. The van der Waals surface area contributed by atoms with E-state index in [1.807, 2.05) is 30.5 Å². The third-order valence-corrected chi connectivity index (χ3v) is 2.20. The van der Waals surface area contributed by atoms with Gasteiger partial charge >= 0.3 is 0 Å². The highest BCUT2D eigenvalue weighted by atomic mass is 35.5. The smallest absolute Gasteiger partial charge is 0.131 e. The summed E-state index contributed by atoms with van der Waals surface area (Å²) in [6.45, 7) is 0. The summed E-state index contributed by atoms with van der Waals surface area (Å²) in [6.07, 6.45) is 4.34. The third-order valence-electron chi connectivity index (χ3n) is 2.00. The van der Waals surface area contributed by atoms with Crippen LogP contribution in [-0.4, -0.2) is 9.97 Å². The number of anilines is 1. The number of rotatable bonds is 2. The van der Waals surface area contributed by atoms with Crippen molar-refractivity contribution in [1.82, 2.24) is 9.97 Å². The van der Waals surface area contributed by atoms with Crippen molar-refractivity contribution in [1.29, 1.82) is 0 Å². The van der Waals surface area contributed by atoms with E-state index in [0.717, 1.165) is 17.5 Å². The lowest BCUT2D eigenvalue weighted by atomic mass is 10.1. The Balaban J connectivity index is 2.25. The molecular weight excluding hydrogens is 210 g/mol. The van der Waals surface area contributed by atoms with Crippen molar-refractivity contribution in [3.8, 4) is 0 Å². The van der Waals surface area contributed by atoms with Gasteiger partial charge in [0.25, 0.3) is 0 Å². The van der Waals surface area contributed by atoms with E-state index in [2.05, 4.69) is 9.97 Å². The third kappa shape index (κ3) is 2.67. The summed E-state index contributed by atoms with van der Waals surface area (Å²) >= 11 is 5.81. The van der Waals surface area contributed by atoms with Crippen LogP contribution >= 0.6 is 11.6 Å². The topological polar surface area (TPSA) is 51.8 Å². The van der Waals surface area contributed by atoms with Gasteiger partial charge in [0.15, 0.2) is 0 Å². The molecule has 4 heteroatoms. The summed E-state index contributed by atoms with van der Waals surface area (Å²) in [5.41, 5.74) is 7.77.